The first-order valence-electron chi connectivity index (χ1n) is 16.5. The average Bonchev–Trinajstić information content (AvgIpc) is 3.04. The third kappa shape index (κ3) is 18.9. The first-order valence-corrected chi connectivity index (χ1v) is 20.1. The molecule has 0 bridgehead atoms. The predicted molar refractivity (Wildman–Crippen MR) is 197 cm³/mol. The number of halogens is 6. The number of Topliss-reactive ketones (excluding diaryl/α,β-unsaturated/α-hetero) is 1. The second kappa shape index (κ2) is 21.3. The molecule has 2 rings (SSSR count). The van der Waals surface area contributed by atoms with Crippen LogP contribution in [-0.4, -0.2) is 75.1 Å². The predicted octanol–water partition coefficient (Wildman–Crippen LogP) is 7.79. The number of amides is 1. The van der Waals surface area contributed by atoms with Crippen molar-refractivity contribution in [1.29, 1.82) is 0 Å². The fraction of sp³-hybridized carbons (Fsp3) is 0.472. The van der Waals surface area contributed by atoms with E-state index in [0.29, 0.717) is 38.1 Å². The monoisotopic (exact) mass is 814 g/mol. The fourth-order valence-electron chi connectivity index (χ4n) is 4.22. The Bertz CT molecular complexity index is 1780. The van der Waals surface area contributed by atoms with Crippen LogP contribution in [0.5, 0.6) is 5.75 Å². The summed E-state index contributed by atoms with van der Waals surface area (Å²) in [6.07, 6.45) is -1.29. The molecular weight excluding hydrogens is 767 g/mol. The largest absolute Gasteiger partial charge is 0.491 e. The van der Waals surface area contributed by atoms with Gasteiger partial charge in [-0.2, -0.15) is 34.8 Å². The van der Waals surface area contributed by atoms with Gasteiger partial charge in [-0.05, 0) is 99.7 Å². The van der Waals surface area contributed by atoms with Gasteiger partial charge < -0.3 is 20.1 Å². The minimum absolute atomic E-state index is 0.0629. The normalized spacial score (nSPS) is 13.8. The minimum Gasteiger partial charge on any atom is -0.491 e. The van der Waals surface area contributed by atoms with Crippen molar-refractivity contribution in [3.05, 3.63) is 82.3 Å². The van der Waals surface area contributed by atoms with Gasteiger partial charge in [-0.25, -0.2) is 4.79 Å². The Kier molecular flexibility index (Phi) is 19.0. The van der Waals surface area contributed by atoms with Crippen LogP contribution in [0, 0.1) is 0 Å². The number of unbranched alkanes of at least 4 members (excludes halogenated alkanes) is 2. The lowest BCUT2D eigenvalue weighted by Gasteiger charge is -2.19. The lowest BCUT2D eigenvalue weighted by atomic mass is 10.1. The zero-order chi connectivity index (χ0) is 41.4. The number of hydrogen-bond donors (Lipinski definition) is 2. The number of ether oxygens (including phenoxy) is 2. The molecule has 54 heavy (non-hydrogen) atoms. The number of benzene rings is 2. The maximum absolute atomic E-state index is 13.0. The first kappa shape index (κ1) is 48.1. The van der Waals surface area contributed by atoms with Gasteiger partial charge in [-0.1, -0.05) is 36.8 Å². The molecule has 0 saturated carbocycles. The number of allylic oxidation sites excluding steroid dienone is 3. The lowest BCUT2D eigenvalue weighted by molar-refractivity contribution is -0.143. The molecule has 0 fully saturated rings. The molecule has 0 saturated heterocycles. The van der Waals surface area contributed by atoms with Crippen molar-refractivity contribution >= 4 is 37.4 Å². The van der Waals surface area contributed by atoms with Gasteiger partial charge in [0, 0.05) is 23.3 Å². The van der Waals surface area contributed by atoms with Crippen LogP contribution in [-0.2, 0) is 40.9 Å². The first-order chi connectivity index (χ1) is 24.8. The van der Waals surface area contributed by atoms with Crippen LogP contribution in [0.15, 0.2) is 70.5 Å². The van der Waals surface area contributed by atoms with Gasteiger partial charge >= 0.3 is 18.4 Å². The molecule has 0 aliphatic carbocycles. The van der Waals surface area contributed by atoms with Crippen LogP contribution in [0.1, 0.15) is 75.4 Å². The summed E-state index contributed by atoms with van der Waals surface area (Å²) in [5, 5.41) is 5.60. The molecule has 304 valence electrons. The Morgan fingerprint density at radius 3 is 1.94 bits per heavy atom. The van der Waals surface area contributed by atoms with Crippen LogP contribution >= 0.6 is 0 Å². The van der Waals surface area contributed by atoms with E-state index in [1.54, 1.807) is 27.0 Å². The molecule has 0 aliphatic heterocycles. The van der Waals surface area contributed by atoms with Gasteiger partial charge in [0.15, 0.2) is 5.78 Å². The summed E-state index contributed by atoms with van der Waals surface area (Å²) >= 11 is 0. The van der Waals surface area contributed by atoms with Gasteiger partial charge in [-0.3, -0.25) is 13.2 Å². The maximum atomic E-state index is 13.0. The Morgan fingerprint density at radius 1 is 0.852 bits per heavy atom. The SMILES string of the molecule is C=S(C)(=O)C(/C=C\C)=C/C.CC(C)(C)OC(=O)NCCCCCNCC(=O)c1cccc(S(=O)(=O)OCCOc2cc(C(F)(F)F)cc(C(F)(F)F)c2)c1. The van der Waals surface area contributed by atoms with Crippen molar-refractivity contribution in [3.8, 4) is 5.75 Å². The molecule has 0 aromatic heterocycles. The highest BCUT2D eigenvalue weighted by molar-refractivity contribution is 8.03. The van der Waals surface area contributed by atoms with Crippen molar-refractivity contribution in [2.75, 3.05) is 39.1 Å². The van der Waals surface area contributed by atoms with E-state index >= 15 is 0 Å². The van der Waals surface area contributed by atoms with E-state index in [9.17, 15) is 48.6 Å². The van der Waals surface area contributed by atoms with Crippen molar-refractivity contribution < 1.29 is 62.2 Å². The Balaban J connectivity index is 0.00000127. The van der Waals surface area contributed by atoms with Gasteiger partial charge in [0.05, 0.1) is 22.6 Å². The highest BCUT2D eigenvalue weighted by atomic mass is 32.2. The summed E-state index contributed by atoms with van der Waals surface area (Å²) in [4.78, 5) is 24.5. The van der Waals surface area contributed by atoms with E-state index in [0.717, 1.165) is 23.5 Å². The van der Waals surface area contributed by atoms with Crippen LogP contribution in [0.3, 0.4) is 0 Å². The number of carbonyl (C=O) groups is 2. The Labute approximate surface area is 313 Å². The molecule has 1 amide bonds. The summed E-state index contributed by atoms with van der Waals surface area (Å²) in [6.45, 7) is 8.49. The summed E-state index contributed by atoms with van der Waals surface area (Å²) in [7, 11) is -6.44. The van der Waals surface area contributed by atoms with Crippen molar-refractivity contribution in [2.45, 2.75) is 76.7 Å². The van der Waals surface area contributed by atoms with Crippen molar-refractivity contribution in [3.63, 3.8) is 0 Å². The van der Waals surface area contributed by atoms with E-state index in [4.69, 9.17) is 13.7 Å². The number of rotatable bonds is 17. The van der Waals surface area contributed by atoms with Crippen molar-refractivity contribution in [2.24, 2.45) is 0 Å². The number of alkyl carbamates (subject to hydrolysis) is 1. The lowest BCUT2D eigenvalue weighted by Crippen LogP contribution is -2.33. The topological polar surface area (TPSA) is 137 Å². The van der Waals surface area contributed by atoms with Gasteiger partial charge in [-0.15, -0.1) is 0 Å². The molecule has 18 heteroatoms. The average molecular weight is 815 g/mol. The second-order valence-corrected chi connectivity index (χ2v) is 16.8. The number of carbonyl (C=O) groups excluding carboxylic acids is 2. The smallest absolute Gasteiger partial charge is 0.416 e. The number of hydrogen-bond acceptors (Lipinski definition) is 9. The summed E-state index contributed by atoms with van der Waals surface area (Å²) < 4.78 is 129. The Morgan fingerprint density at radius 2 is 1.44 bits per heavy atom. The van der Waals surface area contributed by atoms with Crippen LogP contribution < -0.4 is 15.4 Å². The summed E-state index contributed by atoms with van der Waals surface area (Å²) in [5.74, 6) is 2.39. The van der Waals surface area contributed by atoms with E-state index in [1.807, 2.05) is 32.1 Å². The van der Waals surface area contributed by atoms with Crippen LogP contribution in [0.2, 0.25) is 0 Å². The van der Waals surface area contributed by atoms with E-state index in [2.05, 4.69) is 16.5 Å². The summed E-state index contributed by atoms with van der Waals surface area (Å²) in [6, 6.07) is 5.62. The van der Waals surface area contributed by atoms with Crippen molar-refractivity contribution in [1.82, 2.24) is 10.6 Å². The number of nitrogens with one attached hydrogen (secondary N) is 2. The number of alkyl halides is 6. The molecule has 2 aromatic carbocycles. The van der Waals surface area contributed by atoms with E-state index < -0.39 is 79.6 Å². The summed E-state index contributed by atoms with van der Waals surface area (Å²) in [5.41, 5.74) is -3.68. The van der Waals surface area contributed by atoms with E-state index in [1.165, 1.54) is 12.1 Å². The van der Waals surface area contributed by atoms with Gasteiger partial charge in [0.25, 0.3) is 10.1 Å². The Hall–Kier alpha value is -3.87. The molecular formula is C36H48F6N2O8S2. The van der Waals surface area contributed by atoms with Gasteiger partial charge in [0.1, 0.15) is 24.6 Å². The van der Waals surface area contributed by atoms with Crippen LogP contribution in [0.4, 0.5) is 31.1 Å². The second-order valence-electron chi connectivity index (χ2n) is 12.7. The third-order valence-corrected chi connectivity index (χ3v) is 9.37. The van der Waals surface area contributed by atoms with Gasteiger partial charge in [0.2, 0.25) is 0 Å². The molecule has 0 spiro atoms. The molecule has 0 heterocycles. The standard InChI is InChI=1S/C28H34F6N2O7S.C8H14OS/c1-26(2,3)43-25(38)36-11-6-4-5-10-35-18-24(37)19-8-7-9-23(14-19)44(39,40)42-13-12-41-22-16-20(27(29,30)31)15-21(17-22)28(32,33)34;1-5-7-8(6-2)10(3,4)9/h7-9,14-17,35H,4-6,10-13,18H2,1-3H3,(H,36,38);5-7H,3H2,1-2,4H3/b;7-5-,8-6+. The number of ketones is 1. The highest BCUT2D eigenvalue weighted by Crippen LogP contribution is 2.38. The highest BCUT2D eigenvalue weighted by Gasteiger charge is 2.37. The van der Waals surface area contributed by atoms with E-state index in [-0.39, 0.29) is 23.1 Å². The molecule has 2 aromatic rings. The third-order valence-electron chi connectivity index (χ3n) is 6.69. The molecule has 2 N–H and O–H groups in total. The molecule has 0 aliphatic rings. The maximum Gasteiger partial charge on any atom is 0.416 e. The zero-order valence-corrected chi connectivity index (χ0v) is 32.6. The zero-order valence-electron chi connectivity index (χ0n) is 31.0. The quantitative estimate of drug-likeness (QED) is 0.0410. The minimum atomic E-state index is -5.07. The fourth-order valence-corrected chi connectivity index (χ4v) is 6.08. The molecule has 1 atom stereocenters. The molecule has 0 radical (unpaired) electrons. The molecule has 1 unspecified atom stereocenters. The molecule has 10 nitrogen and oxygen atoms in total. The van der Waals surface area contributed by atoms with Crippen LogP contribution in [0.25, 0.3) is 0 Å².